The minimum atomic E-state index is -0.279. The van der Waals surface area contributed by atoms with Crippen molar-refractivity contribution in [2.75, 3.05) is 25.0 Å². The maximum atomic E-state index is 12.3. The molecule has 3 rings (SSSR count). The highest BCUT2D eigenvalue weighted by Gasteiger charge is 2.17. The smallest absolute Gasteiger partial charge is 0.286 e. The zero-order chi connectivity index (χ0) is 21.3. The Morgan fingerprint density at radius 2 is 2.00 bits per heavy atom. The summed E-state index contributed by atoms with van der Waals surface area (Å²) in [6.45, 7) is 7.19. The second-order valence-corrected chi connectivity index (χ2v) is 8.97. The second kappa shape index (κ2) is 11.2. The molecule has 1 saturated heterocycles. The van der Waals surface area contributed by atoms with Gasteiger partial charge in [0.15, 0.2) is 0 Å². The minimum Gasteiger partial charge on any atom is -0.356 e. The molecule has 1 aromatic heterocycles. The van der Waals surface area contributed by atoms with Crippen molar-refractivity contribution in [3.8, 4) is 0 Å². The largest absolute Gasteiger partial charge is 0.356 e. The Balaban J connectivity index is 1.34. The fraction of sp³-hybridized carbons (Fsp3) is 0.545. The van der Waals surface area contributed by atoms with Crippen molar-refractivity contribution in [3.63, 3.8) is 0 Å². The van der Waals surface area contributed by atoms with Crippen molar-refractivity contribution in [3.05, 3.63) is 39.8 Å². The molecule has 0 aliphatic carbocycles. The first kappa shape index (κ1) is 22.4. The Morgan fingerprint density at radius 1 is 1.20 bits per heavy atom. The van der Waals surface area contributed by atoms with Crippen LogP contribution in [-0.2, 0) is 11.2 Å². The lowest BCUT2D eigenvalue weighted by Crippen LogP contribution is -2.39. The van der Waals surface area contributed by atoms with E-state index in [0.29, 0.717) is 35.4 Å². The molecular formula is C22H31N5O2S. The maximum Gasteiger partial charge on any atom is 0.286 e. The van der Waals surface area contributed by atoms with Gasteiger partial charge in [0, 0.05) is 37.7 Å². The standard InChI is InChI=1S/C22H31N5O2S/c1-16-7-9-18(10-8-16)24-21(29)22-26-25-20(30-22)12-11-19(28)23-13-5-15-27-14-4-3-6-17(27)2/h7-10,17H,3-6,11-15H2,1-2H3,(H,23,28)(H,24,29). The summed E-state index contributed by atoms with van der Waals surface area (Å²) in [5, 5.41) is 14.8. The van der Waals surface area contributed by atoms with Gasteiger partial charge in [-0.3, -0.25) is 9.59 Å². The van der Waals surface area contributed by atoms with Crippen molar-refractivity contribution >= 4 is 28.8 Å². The number of nitrogens with zero attached hydrogens (tertiary/aromatic N) is 3. The maximum absolute atomic E-state index is 12.3. The first-order chi connectivity index (χ1) is 14.5. The highest BCUT2D eigenvalue weighted by molar-refractivity contribution is 7.13. The number of aromatic nitrogens is 2. The third-order valence-corrected chi connectivity index (χ3v) is 6.40. The Morgan fingerprint density at radius 3 is 2.77 bits per heavy atom. The molecule has 0 spiro atoms. The molecule has 2 N–H and O–H groups in total. The van der Waals surface area contributed by atoms with E-state index in [1.165, 1.54) is 37.1 Å². The number of aryl methyl sites for hydroxylation is 2. The second-order valence-electron chi connectivity index (χ2n) is 7.91. The van der Waals surface area contributed by atoms with Gasteiger partial charge >= 0.3 is 0 Å². The number of amides is 2. The lowest BCUT2D eigenvalue weighted by Gasteiger charge is -2.33. The third-order valence-electron chi connectivity index (χ3n) is 5.42. The van der Waals surface area contributed by atoms with Crippen molar-refractivity contribution in [2.24, 2.45) is 0 Å². The van der Waals surface area contributed by atoms with Crippen molar-refractivity contribution in [1.82, 2.24) is 20.4 Å². The summed E-state index contributed by atoms with van der Waals surface area (Å²) >= 11 is 1.23. The molecule has 1 atom stereocenters. The Kier molecular flexibility index (Phi) is 8.33. The van der Waals surface area contributed by atoms with Crippen LogP contribution in [0.1, 0.15) is 59.4 Å². The van der Waals surface area contributed by atoms with Crippen LogP contribution in [0.2, 0.25) is 0 Å². The van der Waals surface area contributed by atoms with E-state index in [0.717, 1.165) is 24.2 Å². The summed E-state index contributed by atoms with van der Waals surface area (Å²) in [6, 6.07) is 8.24. The zero-order valence-electron chi connectivity index (χ0n) is 17.8. The number of nitrogens with one attached hydrogen (secondary N) is 2. The van der Waals surface area contributed by atoms with E-state index in [4.69, 9.17) is 0 Å². The van der Waals surface area contributed by atoms with Crippen molar-refractivity contribution < 1.29 is 9.59 Å². The molecule has 2 heterocycles. The minimum absolute atomic E-state index is 0.0162. The van der Waals surface area contributed by atoms with Crippen LogP contribution in [0.25, 0.3) is 0 Å². The van der Waals surface area contributed by atoms with Crippen molar-refractivity contribution in [2.45, 2.75) is 58.4 Å². The van der Waals surface area contributed by atoms with Gasteiger partial charge in [-0.25, -0.2) is 0 Å². The molecule has 2 amide bonds. The predicted octanol–water partition coefficient (Wildman–Crippen LogP) is 3.41. The summed E-state index contributed by atoms with van der Waals surface area (Å²) in [5.41, 5.74) is 1.85. The molecular weight excluding hydrogens is 398 g/mol. The molecule has 162 valence electrons. The molecule has 1 aromatic carbocycles. The van der Waals surface area contributed by atoms with Crippen LogP contribution in [0, 0.1) is 6.92 Å². The Labute approximate surface area is 182 Å². The van der Waals surface area contributed by atoms with Gasteiger partial charge < -0.3 is 15.5 Å². The van der Waals surface area contributed by atoms with Gasteiger partial charge in [-0.1, -0.05) is 35.5 Å². The van der Waals surface area contributed by atoms with E-state index in [1.807, 2.05) is 31.2 Å². The average molecular weight is 430 g/mol. The third kappa shape index (κ3) is 6.88. The Hall–Kier alpha value is -2.32. The summed E-state index contributed by atoms with van der Waals surface area (Å²) < 4.78 is 0. The van der Waals surface area contributed by atoms with Gasteiger partial charge in [-0.05, 0) is 51.8 Å². The van der Waals surface area contributed by atoms with Crippen LogP contribution in [0.5, 0.6) is 0 Å². The molecule has 30 heavy (non-hydrogen) atoms. The highest BCUT2D eigenvalue weighted by Crippen LogP contribution is 2.17. The molecule has 8 heteroatoms. The average Bonchev–Trinajstić information content (AvgIpc) is 3.22. The number of rotatable bonds is 9. The number of piperidine rings is 1. The lowest BCUT2D eigenvalue weighted by molar-refractivity contribution is -0.121. The number of hydrogen-bond donors (Lipinski definition) is 2. The molecule has 0 saturated carbocycles. The predicted molar refractivity (Wildman–Crippen MR) is 120 cm³/mol. The fourth-order valence-electron chi connectivity index (χ4n) is 3.58. The number of benzene rings is 1. The van der Waals surface area contributed by atoms with Crippen LogP contribution in [0.4, 0.5) is 5.69 Å². The van der Waals surface area contributed by atoms with Gasteiger partial charge in [0.05, 0.1) is 0 Å². The van der Waals surface area contributed by atoms with Gasteiger partial charge in [-0.2, -0.15) is 0 Å². The van der Waals surface area contributed by atoms with Crippen LogP contribution in [0.15, 0.2) is 24.3 Å². The summed E-state index contributed by atoms with van der Waals surface area (Å²) in [6.07, 6.45) is 5.70. The summed E-state index contributed by atoms with van der Waals surface area (Å²) in [4.78, 5) is 26.9. The van der Waals surface area contributed by atoms with Crippen LogP contribution < -0.4 is 10.6 Å². The van der Waals surface area contributed by atoms with Gasteiger partial charge in [-0.15, -0.1) is 10.2 Å². The highest BCUT2D eigenvalue weighted by atomic mass is 32.1. The number of carbonyl (C=O) groups excluding carboxylic acids is 2. The van der Waals surface area contributed by atoms with Crippen LogP contribution in [-0.4, -0.2) is 52.6 Å². The molecule has 0 radical (unpaired) electrons. The molecule has 1 aliphatic rings. The Bertz CT molecular complexity index is 836. The van der Waals surface area contributed by atoms with E-state index in [2.05, 4.69) is 32.7 Å². The summed E-state index contributed by atoms with van der Waals surface area (Å²) in [7, 11) is 0. The van der Waals surface area contributed by atoms with Crippen LogP contribution >= 0.6 is 11.3 Å². The van der Waals surface area contributed by atoms with E-state index < -0.39 is 0 Å². The molecule has 2 aromatic rings. The first-order valence-corrected chi connectivity index (χ1v) is 11.5. The van der Waals surface area contributed by atoms with Crippen molar-refractivity contribution in [1.29, 1.82) is 0 Å². The normalized spacial score (nSPS) is 16.9. The molecule has 1 fully saturated rings. The van der Waals surface area contributed by atoms with Gasteiger partial charge in [0.25, 0.3) is 5.91 Å². The summed E-state index contributed by atoms with van der Waals surface area (Å²) in [5.74, 6) is -0.262. The van der Waals surface area contributed by atoms with E-state index in [-0.39, 0.29) is 11.8 Å². The number of carbonyl (C=O) groups is 2. The SMILES string of the molecule is Cc1ccc(NC(=O)c2nnc(CCC(=O)NCCCN3CCCCC3C)s2)cc1. The van der Waals surface area contributed by atoms with E-state index in [9.17, 15) is 9.59 Å². The molecule has 1 unspecified atom stereocenters. The van der Waals surface area contributed by atoms with Crippen LogP contribution in [0.3, 0.4) is 0 Å². The fourth-order valence-corrected chi connectivity index (χ4v) is 4.31. The first-order valence-electron chi connectivity index (χ1n) is 10.7. The zero-order valence-corrected chi connectivity index (χ0v) is 18.6. The molecule has 1 aliphatic heterocycles. The lowest BCUT2D eigenvalue weighted by atomic mass is 10.0. The number of likely N-dealkylation sites (tertiary alicyclic amines) is 1. The topological polar surface area (TPSA) is 87.2 Å². The number of anilines is 1. The van der Waals surface area contributed by atoms with E-state index in [1.54, 1.807) is 0 Å². The van der Waals surface area contributed by atoms with E-state index >= 15 is 0 Å². The monoisotopic (exact) mass is 429 g/mol. The quantitative estimate of drug-likeness (QED) is 0.597. The molecule has 7 nitrogen and oxygen atoms in total. The molecule has 0 bridgehead atoms. The number of hydrogen-bond acceptors (Lipinski definition) is 6. The van der Waals surface area contributed by atoms with Gasteiger partial charge in [0.1, 0.15) is 5.01 Å². The van der Waals surface area contributed by atoms with Gasteiger partial charge in [0.2, 0.25) is 10.9 Å².